The molecule has 1 heterocycles. The molecule has 1 amide bonds. The number of nitrogens with two attached hydrogens (primary N) is 1. The molecule has 0 aromatic rings. The van der Waals surface area contributed by atoms with Crippen molar-refractivity contribution >= 4 is 11.9 Å². The predicted octanol–water partition coefficient (Wildman–Crippen LogP) is 0.198. The van der Waals surface area contributed by atoms with E-state index in [1.165, 1.54) is 0 Å². The first-order valence-electron chi connectivity index (χ1n) is 7.20. The number of fused-ring (bicyclic) bond motifs is 1. The molecule has 1 aliphatic carbocycles. The molecule has 20 heavy (non-hydrogen) atoms. The van der Waals surface area contributed by atoms with E-state index in [-0.39, 0.29) is 42.3 Å². The van der Waals surface area contributed by atoms with Gasteiger partial charge in [0, 0.05) is 24.5 Å². The Kier molecular flexibility index (Phi) is 4.07. The van der Waals surface area contributed by atoms with Crippen LogP contribution in [-0.2, 0) is 19.1 Å². The lowest BCUT2D eigenvalue weighted by molar-refractivity contribution is -0.175. The Balaban J connectivity index is 1.90. The Morgan fingerprint density at radius 3 is 2.80 bits per heavy atom. The molecule has 2 fully saturated rings. The summed E-state index contributed by atoms with van der Waals surface area (Å²) in [7, 11) is 0. The van der Waals surface area contributed by atoms with Crippen LogP contribution in [0.1, 0.15) is 33.6 Å². The quantitative estimate of drug-likeness (QED) is 0.704. The highest BCUT2D eigenvalue weighted by atomic mass is 16.5. The summed E-state index contributed by atoms with van der Waals surface area (Å²) in [5.74, 6) is -0.438. The average molecular weight is 284 g/mol. The number of hydrogen-bond acceptors (Lipinski definition) is 5. The topological polar surface area (TPSA) is 90.7 Å². The number of carbonyl (C=O) groups excluding carboxylic acids is 2. The first kappa shape index (κ1) is 15.3. The normalized spacial score (nSPS) is 34.0. The van der Waals surface area contributed by atoms with Crippen LogP contribution in [0.15, 0.2) is 0 Å². The molecule has 1 aliphatic heterocycles. The number of nitrogens with one attached hydrogen (secondary N) is 1. The maximum absolute atomic E-state index is 12.4. The van der Waals surface area contributed by atoms with Crippen molar-refractivity contribution in [3.8, 4) is 0 Å². The number of carbonyl (C=O) groups is 2. The van der Waals surface area contributed by atoms with E-state index in [4.69, 9.17) is 15.2 Å². The molecule has 1 saturated carbocycles. The molecule has 0 aromatic carbocycles. The van der Waals surface area contributed by atoms with E-state index in [9.17, 15) is 9.59 Å². The number of amides is 1. The van der Waals surface area contributed by atoms with E-state index in [0.29, 0.717) is 13.2 Å². The molecule has 0 bridgehead atoms. The van der Waals surface area contributed by atoms with Gasteiger partial charge in [-0.25, -0.2) is 0 Å². The van der Waals surface area contributed by atoms with E-state index < -0.39 is 5.54 Å². The fourth-order valence-corrected chi connectivity index (χ4v) is 3.50. The van der Waals surface area contributed by atoms with Gasteiger partial charge in [0.2, 0.25) is 5.91 Å². The zero-order chi connectivity index (χ0) is 15.0. The third-order valence-corrected chi connectivity index (χ3v) is 4.75. The standard InChI is InChI=1S/C14H24N2O4/c1-4-19-10(17)5-7-16-12(18)14(15)9-6-8-20-11(9)13(14,2)3/h9,11H,4-8,15H2,1-3H3,(H,16,18). The second-order valence-corrected chi connectivity index (χ2v) is 6.09. The van der Waals surface area contributed by atoms with Crippen molar-refractivity contribution in [2.24, 2.45) is 17.1 Å². The minimum atomic E-state index is -0.914. The number of rotatable bonds is 5. The predicted molar refractivity (Wildman–Crippen MR) is 72.8 cm³/mol. The van der Waals surface area contributed by atoms with E-state index >= 15 is 0 Å². The first-order chi connectivity index (χ1) is 9.35. The van der Waals surface area contributed by atoms with Crippen LogP contribution in [0.5, 0.6) is 0 Å². The van der Waals surface area contributed by atoms with Crippen LogP contribution in [0, 0.1) is 11.3 Å². The molecule has 6 nitrogen and oxygen atoms in total. The van der Waals surface area contributed by atoms with Gasteiger partial charge < -0.3 is 20.5 Å². The molecule has 0 aromatic heterocycles. The van der Waals surface area contributed by atoms with Gasteiger partial charge in [-0.2, -0.15) is 0 Å². The summed E-state index contributed by atoms with van der Waals surface area (Å²) in [5, 5.41) is 2.76. The lowest BCUT2D eigenvalue weighted by atomic mass is 9.48. The van der Waals surface area contributed by atoms with Gasteiger partial charge in [-0.3, -0.25) is 9.59 Å². The Morgan fingerprint density at radius 1 is 1.45 bits per heavy atom. The molecule has 3 N–H and O–H groups in total. The van der Waals surface area contributed by atoms with E-state index in [1.807, 2.05) is 13.8 Å². The zero-order valence-corrected chi connectivity index (χ0v) is 12.4. The maximum atomic E-state index is 12.4. The Morgan fingerprint density at radius 2 is 2.15 bits per heavy atom. The van der Waals surface area contributed by atoms with E-state index in [0.717, 1.165) is 6.42 Å². The monoisotopic (exact) mass is 284 g/mol. The SMILES string of the molecule is CCOC(=O)CCNC(=O)C1(N)C2CCOC2C1(C)C. The second kappa shape index (κ2) is 5.33. The van der Waals surface area contributed by atoms with Crippen LogP contribution in [-0.4, -0.2) is 43.3 Å². The third-order valence-electron chi connectivity index (χ3n) is 4.75. The van der Waals surface area contributed by atoms with E-state index in [1.54, 1.807) is 6.92 Å². The van der Waals surface area contributed by atoms with Crippen LogP contribution >= 0.6 is 0 Å². The Hall–Kier alpha value is -1.14. The van der Waals surface area contributed by atoms with Crippen LogP contribution in [0.4, 0.5) is 0 Å². The Bertz CT molecular complexity index is 410. The Labute approximate surface area is 119 Å². The zero-order valence-electron chi connectivity index (χ0n) is 12.4. The van der Waals surface area contributed by atoms with Gasteiger partial charge in [-0.15, -0.1) is 0 Å². The lowest BCUT2D eigenvalue weighted by Crippen LogP contribution is -2.80. The van der Waals surface area contributed by atoms with Crippen molar-refractivity contribution in [1.29, 1.82) is 0 Å². The number of hydrogen-bond donors (Lipinski definition) is 2. The number of esters is 1. The smallest absolute Gasteiger partial charge is 0.307 e. The van der Waals surface area contributed by atoms with Crippen LogP contribution in [0.2, 0.25) is 0 Å². The molecule has 3 unspecified atom stereocenters. The van der Waals surface area contributed by atoms with Crippen molar-refractivity contribution in [3.63, 3.8) is 0 Å². The fourth-order valence-electron chi connectivity index (χ4n) is 3.50. The molecule has 6 heteroatoms. The van der Waals surface area contributed by atoms with Crippen LogP contribution in [0.3, 0.4) is 0 Å². The van der Waals surface area contributed by atoms with Crippen LogP contribution < -0.4 is 11.1 Å². The van der Waals surface area contributed by atoms with Gasteiger partial charge in [0.15, 0.2) is 0 Å². The van der Waals surface area contributed by atoms with Crippen molar-refractivity contribution in [2.75, 3.05) is 19.8 Å². The minimum Gasteiger partial charge on any atom is -0.466 e. The van der Waals surface area contributed by atoms with E-state index in [2.05, 4.69) is 5.32 Å². The largest absolute Gasteiger partial charge is 0.466 e. The summed E-state index contributed by atoms with van der Waals surface area (Å²) in [6.07, 6.45) is 1.04. The molecule has 2 aliphatic rings. The summed E-state index contributed by atoms with van der Waals surface area (Å²) in [5.41, 5.74) is 5.08. The third kappa shape index (κ3) is 2.11. The van der Waals surface area contributed by atoms with Gasteiger partial charge >= 0.3 is 5.97 Å². The number of ether oxygens (including phenoxy) is 2. The van der Waals surface area contributed by atoms with Crippen molar-refractivity contribution in [3.05, 3.63) is 0 Å². The minimum absolute atomic E-state index is 0.0586. The molecule has 0 spiro atoms. The summed E-state index contributed by atoms with van der Waals surface area (Å²) in [4.78, 5) is 23.6. The average Bonchev–Trinajstić information content (AvgIpc) is 2.85. The van der Waals surface area contributed by atoms with Crippen molar-refractivity contribution in [2.45, 2.75) is 45.3 Å². The highest BCUT2D eigenvalue weighted by Crippen LogP contribution is 2.58. The van der Waals surface area contributed by atoms with Crippen LogP contribution in [0.25, 0.3) is 0 Å². The summed E-state index contributed by atoms with van der Waals surface area (Å²) in [6.45, 7) is 6.94. The molecule has 1 saturated heterocycles. The highest BCUT2D eigenvalue weighted by Gasteiger charge is 2.71. The lowest BCUT2D eigenvalue weighted by Gasteiger charge is -2.60. The molecule has 0 radical (unpaired) electrons. The molecule has 2 rings (SSSR count). The first-order valence-corrected chi connectivity index (χ1v) is 7.20. The second-order valence-electron chi connectivity index (χ2n) is 6.09. The van der Waals surface area contributed by atoms with Gasteiger partial charge in [0.05, 0.1) is 19.1 Å². The summed E-state index contributed by atoms with van der Waals surface area (Å²) >= 11 is 0. The van der Waals surface area contributed by atoms with Crippen molar-refractivity contribution < 1.29 is 19.1 Å². The molecule has 3 atom stereocenters. The molecular weight excluding hydrogens is 260 g/mol. The summed E-state index contributed by atoms with van der Waals surface area (Å²) in [6, 6.07) is 0. The highest BCUT2D eigenvalue weighted by molar-refractivity contribution is 5.89. The van der Waals surface area contributed by atoms with Gasteiger partial charge in [-0.05, 0) is 13.3 Å². The molecule has 114 valence electrons. The molecular formula is C14H24N2O4. The fraction of sp³-hybridized carbons (Fsp3) is 0.857. The summed E-state index contributed by atoms with van der Waals surface area (Å²) < 4.78 is 10.5. The maximum Gasteiger partial charge on any atom is 0.307 e. The van der Waals surface area contributed by atoms with Crippen molar-refractivity contribution in [1.82, 2.24) is 5.32 Å². The van der Waals surface area contributed by atoms with Gasteiger partial charge in [0.25, 0.3) is 0 Å². The van der Waals surface area contributed by atoms with Gasteiger partial charge in [0.1, 0.15) is 5.54 Å². The van der Waals surface area contributed by atoms with Gasteiger partial charge in [-0.1, -0.05) is 13.8 Å².